The summed E-state index contributed by atoms with van der Waals surface area (Å²) in [4.78, 5) is 9.80. The molecule has 4 aromatic rings. The molecule has 1 saturated heterocycles. The standard InChI is InChI=1S/C25H32N8S/c1-4-26-21-15-19(25-28-30-31-29-25)22(14-18(21)13-17(2)3)33-11-9-32(10-12-33)16-24-27-20-7-5-6-8-23(20)34-24/h5-8,14-15,17,26H,4,9-13,16H2,1-3H3,(H,28,29,30,31). The van der Waals surface area contributed by atoms with Gasteiger partial charge in [-0.3, -0.25) is 4.90 Å². The summed E-state index contributed by atoms with van der Waals surface area (Å²) >= 11 is 1.80. The maximum atomic E-state index is 4.83. The van der Waals surface area contributed by atoms with Crippen LogP contribution in [0, 0.1) is 5.92 Å². The van der Waals surface area contributed by atoms with E-state index in [1.165, 1.54) is 21.0 Å². The highest BCUT2D eigenvalue weighted by atomic mass is 32.1. The normalized spacial score (nSPS) is 14.9. The van der Waals surface area contributed by atoms with Gasteiger partial charge in [0.15, 0.2) is 0 Å². The van der Waals surface area contributed by atoms with Crippen molar-refractivity contribution < 1.29 is 0 Å². The topological polar surface area (TPSA) is 85.9 Å². The predicted molar refractivity (Wildman–Crippen MR) is 139 cm³/mol. The molecule has 3 heterocycles. The van der Waals surface area contributed by atoms with E-state index in [0.29, 0.717) is 11.7 Å². The van der Waals surface area contributed by atoms with E-state index in [1.54, 1.807) is 11.3 Å². The Bertz CT molecular complexity index is 1190. The summed E-state index contributed by atoms with van der Waals surface area (Å²) in [5, 5.41) is 19.8. The van der Waals surface area contributed by atoms with Gasteiger partial charge in [0, 0.05) is 49.7 Å². The number of piperazine rings is 1. The highest BCUT2D eigenvalue weighted by Gasteiger charge is 2.24. The molecule has 1 fully saturated rings. The number of nitrogens with zero attached hydrogens (tertiary/aromatic N) is 6. The van der Waals surface area contributed by atoms with Crippen LogP contribution >= 0.6 is 11.3 Å². The van der Waals surface area contributed by atoms with Crippen LogP contribution in [0.1, 0.15) is 31.3 Å². The first-order valence-corrected chi connectivity index (χ1v) is 12.9. The van der Waals surface area contributed by atoms with Gasteiger partial charge in [-0.1, -0.05) is 26.0 Å². The third kappa shape index (κ3) is 4.90. The molecule has 0 atom stereocenters. The van der Waals surface area contributed by atoms with Crippen molar-refractivity contribution in [2.24, 2.45) is 5.92 Å². The van der Waals surface area contributed by atoms with Crippen molar-refractivity contribution in [2.75, 3.05) is 42.9 Å². The van der Waals surface area contributed by atoms with Crippen LogP contribution in [0.3, 0.4) is 0 Å². The van der Waals surface area contributed by atoms with E-state index in [4.69, 9.17) is 4.98 Å². The van der Waals surface area contributed by atoms with Crippen LogP contribution in [0.4, 0.5) is 11.4 Å². The summed E-state index contributed by atoms with van der Waals surface area (Å²) in [6, 6.07) is 12.9. The van der Waals surface area contributed by atoms with Gasteiger partial charge in [-0.15, -0.1) is 21.5 Å². The van der Waals surface area contributed by atoms with Crippen molar-refractivity contribution in [1.82, 2.24) is 30.5 Å². The van der Waals surface area contributed by atoms with Gasteiger partial charge in [-0.25, -0.2) is 4.98 Å². The average molecular weight is 477 g/mol. The minimum Gasteiger partial charge on any atom is -0.385 e. The number of benzene rings is 2. The van der Waals surface area contributed by atoms with Gasteiger partial charge >= 0.3 is 0 Å². The number of thiazole rings is 1. The molecule has 0 aliphatic carbocycles. The number of aromatic amines is 1. The van der Waals surface area contributed by atoms with Crippen LogP contribution in [0.2, 0.25) is 0 Å². The van der Waals surface area contributed by atoms with Gasteiger partial charge in [0.2, 0.25) is 5.82 Å². The summed E-state index contributed by atoms with van der Waals surface area (Å²) < 4.78 is 1.26. The summed E-state index contributed by atoms with van der Waals surface area (Å²) in [5.41, 5.74) is 5.82. The molecule has 0 unspecified atom stereocenters. The van der Waals surface area contributed by atoms with Gasteiger partial charge in [0.25, 0.3) is 0 Å². The van der Waals surface area contributed by atoms with Gasteiger partial charge in [0.05, 0.1) is 16.8 Å². The largest absolute Gasteiger partial charge is 0.385 e. The summed E-state index contributed by atoms with van der Waals surface area (Å²) in [5.74, 6) is 1.22. The number of hydrogen-bond donors (Lipinski definition) is 2. The molecule has 1 aliphatic heterocycles. The smallest absolute Gasteiger partial charge is 0.206 e. The van der Waals surface area contributed by atoms with E-state index < -0.39 is 0 Å². The Morgan fingerprint density at radius 3 is 2.65 bits per heavy atom. The Hall–Kier alpha value is -3.04. The highest BCUT2D eigenvalue weighted by Crippen LogP contribution is 2.36. The third-order valence-corrected chi connectivity index (χ3v) is 7.23. The van der Waals surface area contributed by atoms with Crippen molar-refractivity contribution in [3.05, 3.63) is 47.0 Å². The molecule has 2 aromatic carbocycles. The summed E-state index contributed by atoms with van der Waals surface area (Å²) in [6.45, 7) is 12.3. The van der Waals surface area contributed by atoms with Crippen LogP contribution in [-0.4, -0.2) is 63.2 Å². The molecule has 178 valence electrons. The van der Waals surface area contributed by atoms with E-state index in [9.17, 15) is 0 Å². The SMILES string of the molecule is CCNc1cc(-c2nn[nH]n2)c(N2CCN(Cc3nc4ccccc4s3)CC2)cc1CC(C)C. The van der Waals surface area contributed by atoms with Crippen LogP contribution in [0.25, 0.3) is 21.6 Å². The number of para-hydroxylation sites is 1. The fourth-order valence-electron chi connectivity index (χ4n) is 4.64. The van der Waals surface area contributed by atoms with Crippen molar-refractivity contribution in [3.63, 3.8) is 0 Å². The van der Waals surface area contributed by atoms with Crippen molar-refractivity contribution in [1.29, 1.82) is 0 Å². The fourth-order valence-corrected chi connectivity index (χ4v) is 5.65. The molecule has 0 radical (unpaired) electrons. The Balaban J connectivity index is 1.37. The Kier molecular flexibility index (Phi) is 6.73. The van der Waals surface area contributed by atoms with Gasteiger partial charge in [-0.2, -0.15) is 5.21 Å². The third-order valence-electron chi connectivity index (χ3n) is 6.21. The lowest BCUT2D eigenvalue weighted by Gasteiger charge is -2.37. The van der Waals surface area contributed by atoms with Crippen molar-refractivity contribution in [3.8, 4) is 11.4 Å². The minimum atomic E-state index is 0.576. The molecular weight excluding hydrogens is 444 g/mol. The maximum absolute atomic E-state index is 4.83. The molecule has 0 spiro atoms. The number of H-pyrrole nitrogens is 1. The summed E-state index contributed by atoms with van der Waals surface area (Å²) in [7, 11) is 0. The number of rotatable bonds is 8. The molecule has 0 saturated carbocycles. The predicted octanol–water partition coefficient (Wildman–Crippen LogP) is 4.43. The van der Waals surface area contributed by atoms with Crippen LogP contribution in [-0.2, 0) is 13.0 Å². The molecule has 0 amide bonds. The number of tetrazole rings is 1. The quantitative estimate of drug-likeness (QED) is 0.389. The lowest BCUT2D eigenvalue weighted by atomic mass is 9.97. The number of aromatic nitrogens is 5. The second kappa shape index (κ2) is 10.1. The van der Waals surface area contributed by atoms with Gasteiger partial charge in [-0.05, 0) is 54.3 Å². The second-order valence-corrected chi connectivity index (χ2v) is 10.3. The minimum absolute atomic E-state index is 0.576. The lowest BCUT2D eigenvalue weighted by molar-refractivity contribution is 0.250. The first-order valence-electron chi connectivity index (χ1n) is 12.1. The number of fused-ring (bicyclic) bond motifs is 1. The molecular formula is C25H32N8S. The monoisotopic (exact) mass is 476 g/mol. The molecule has 9 heteroatoms. The zero-order valence-corrected chi connectivity index (χ0v) is 20.9. The van der Waals surface area contributed by atoms with E-state index in [0.717, 1.165) is 62.5 Å². The molecule has 2 N–H and O–H groups in total. The number of nitrogens with one attached hydrogen (secondary N) is 2. The number of hydrogen-bond acceptors (Lipinski definition) is 8. The molecule has 34 heavy (non-hydrogen) atoms. The Morgan fingerprint density at radius 2 is 1.94 bits per heavy atom. The zero-order chi connectivity index (χ0) is 23.5. The zero-order valence-electron chi connectivity index (χ0n) is 20.1. The van der Waals surface area contributed by atoms with E-state index in [-0.39, 0.29) is 0 Å². The summed E-state index contributed by atoms with van der Waals surface area (Å²) in [6.07, 6.45) is 1.03. The van der Waals surface area contributed by atoms with E-state index in [1.807, 2.05) is 0 Å². The van der Waals surface area contributed by atoms with Crippen LogP contribution < -0.4 is 10.2 Å². The molecule has 5 rings (SSSR count). The van der Waals surface area contributed by atoms with Crippen molar-refractivity contribution in [2.45, 2.75) is 33.7 Å². The first-order chi connectivity index (χ1) is 16.6. The maximum Gasteiger partial charge on any atom is 0.206 e. The lowest BCUT2D eigenvalue weighted by Crippen LogP contribution is -2.46. The second-order valence-electron chi connectivity index (χ2n) is 9.23. The van der Waals surface area contributed by atoms with Gasteiger partial charge < -0.3 is 10.2 Å². The average Bonchev–Trinajstić information content (AvgIpc) is 3.50. The Morgan fingerprint density at radius 1 is 1.12 bits per heavy atom. The Labute approximate surface area is 204 Å². The van der Waals surface area contributed by atoms with Crippen LogP contribution in [0.15, 0.2) is 36.4 Å². The molecule has 8 nitrogen and oxygen atoms in total. The fraction of sp³-hybridized carbons (Fsp3) is 0.440. The number of anilines is 2. The molecule has 2 aromatic heterocycles. The highest BCUT2D eigenvalue weighted by molar-refractivity contribution is 7.18. The van der Waals surface area contributed by atoms with Crippen molar-refractivity contribution >= 4 is 32.9 Å². The molecule has 0 bridgehead atoms. The van der Waals surface area contributed by atoms with Gasteiger partial charge in [0.1, 0.15) is 5.01 Å². The van der Waals surface area contributed by atoms with E-state index >= 15 is 0 Å². The first kappa shape index (κ1) is 22.7. The molecule has 1 aliphatic rings. The van der Waals surface area contributed by atoms with Crippen LogP contribution in [0.5, 0.6) is 0 Å². The van der Waals surface area contributed by atoms with E-state index in [2.05, 4.69) is 92.9 Å².